The van der Waals surface area contributed by atoms with Crippen molar-refractivity contribution in [2.45, 2.75) is 13.5 Å². The van der Waals surface area contributed by atoms with Crippen molar-refractivity contribution in [2.75, 3.05) is 36.4 Å². The van der Waals surface area contributed by atoms with Crippen molar-refractivity contribution in [2.24, 2.45) is 0 Å². The van der Waals surface area contributed by atoms with Crippen LogP contribution >= 0.6 is 0 Å². The highest BCUT2D eigenvalue weighted by Gasteiger charge is 2.21. The molecule has 0 bridgehead atoms. The normalized spacial score (nSPS) is 14.0. The number of anilines is 2. The molecule has 5 heterocycles. The first kappa shape index (κ1) is 22.2. The number of aromatic nitrogens is 5. The number of amides is 1. The van der Waals surface area contributed by atoms with Crippen molar-refractivity contribution in [1.82, 2.24) is 29.5 Å². The van der Waals surface area contributed by atoms with Crippen LogP contribution in [0.4, 0.5) is 15.8 Å². The summed E-state index contributed by atoms with van der Waals surface area (Å²) in [7, 11) is 0. The van der Waals surface area contributed by atoms with Crippen LogP contribution in [0.5, 0.6) is 0 Å². The predicted octanol–water partition coefficient (Wildman–Crippen LogP) is 3.24. The van der Waals surface area contributed by atoms with E-state index < -0.39 is 5.82 Å². The molecule has 36 heavy (non-hydrogen) atoms. The average Bonchev–Trinajstić information content (AvgIpc) is 3.47. The third kappa shape index (κ3) is 4.16. The summed E-state index contributed by atoms with van der Waals surface area (Å²) in [6.45, 7) is 5.87. The van der Waals surface area contributed by atoms with E-state index in [1.165, 1.54) is 6.07 Å². The fourth-order valence-corrected chi connectivity index (χ4v) is 4.71. The summed E-state index contributed by atoms with van der Waals surface area (Å²) in [5.41, 5.74) is 4.35. The van der Waals surface area contributed by atoms with Crippen LogP contribution in [0.25, 0.3) is 16.6 Å². The SMILES string of the molecule is Cc1cn2cc(NC(=O)c3ccc(N4CCNCC4)c4cn(Cc5cccnc5)nc34)cc(F)c2n1. The first-order valence-corrected chi connectivity index (χ1v) is 11.9. The van der Waals surface area contributed by atoms with Gasteiger partial charge in [-0.2, -0.15) is 5.10 Å². The Balaban J connectivity index is 1.38. The number of nitrogens with zero attached hydrogens (tertiary/aromatic N) is 6. The molecular weight excluding hydrogens is 459 g/mol. The number of imidazole rings is 1. The molecule has 10 heteroatoms. The Morgan fingerprint density at radius 2 is 2.03 bits per heavy atom. The second-order valence-corrected chi connectivity index (χ2v) is 8.96. The van der Waals surface area contributed by atoms with Gasteiger partial charge >= 0.3 is 0 Å². The Labute approximate surface area is 206 Å². The second-order valence-electron chi connectivity index (χ2n) is 8.96. The zero-order valence-electron chi connectivity index (χ0n) is 19.8. The van der Waals surface area contributed by atoms with Crippen LogP contribution < -0.4 is 15.5 Å². The third-order valence-electron chi connectivity index (χ3n) is 6.35. The number of fused-ring (bicyclic) bond motifs is 2. The summed E-state index contributed by atoms with van der Waals surface area (Å²) in [5, 5.41) is 11.9. The number of pyridine rings is 2. The Morgan fingerprint density at radius 3 is 2.83 bits per heavy atom. The number of nitrogens with one attached hydrogen (secondary N) is 2. The number of hydrogen-bond donors (Lipinski definition) is 2. The number of aryl methyl sites for hydroxylation is 1. The number of halogens is 1. The van der Waals surface area contributed by atoms with Gasteiger partial charge in [0.1, 0.15) is 5.52 Å². The first-order valence-electron chi connectivity index (χ1n) is 11.9. The lowest BCUT2D eigenvalue weighted by Crippen LogP contribution is -2.43. The molecule has 1 fully saturated rings. The zero-order valence-corrected chi connectivity index (χ0v) is 19.8. The largest absolute Gasteiger partial charge is 0.368 e. The molecule has 5 aromatic rings. The van der Waals surface area contributed by atoms with Crippen molar-refractivity contribution in [3.05, 3.63) is 84.0 Å². The van der Waals surface area contributed by atoms with Gasteiger partial charge < -0.3 is 19.9 Å². The predicted molar refractivity (Wildman–Crippen MR) is 136 cm³/mol. The maximum absolute atomic E-state index is 14.6. The van der Waals surface area contributed by atoms with Gasteiger partial charge in [-0.05, 0) is 30.7 Å². The fourth-order valence-electron chi connectivity index (χ4n) is 4.71. The van der Waals surface area contributed by atoms with E-state index in [-0.39, 0.29) is 11.6 Å². The molecular formula is C26H25FN8O. The summed E-state index contributed by atoms with van der Waals surface area (Å²) < 4.78 is 18.0. The lowest BCUT2D eigenvalue weighted by atomic mass is 10.1. The molecule has 0 atom stereocenters. The first-order chi connectivity index (χ1) is 17.5. The molecule has 0 radical (unpaired) electrons. The van der Waals surface area contributed by atoms with Gasteiger partial charge in [0.25, 0.3) is 5.91 Å². The molecule has 4 aromatic heterocycles. The van der Waals surface area contributed by atoms with E-state index in [0.29, 0.717) is 29.0 Å². The smallest absolute Gasteiger partial charge is 0.257 e. The number of benzene rings is 1. The van der Waals surface area contributed by atoms with E-state index in [0.717, 1.165) is 42.8 Å². The minimum atomic E-state index is -0.499. The number of carbonyl (C=O) groups is 1. The maximum atomic E-state index is 14.6. The minimum absolute atomic E-state index is 0.224. The molecule has 6 rings (SSSR count). The summed E-state index contributed by atoms with van der Waals surface area (Å²) in [6.07, 6.45) is 8.90. The van der Waals surface area contributed by atoms with Crippen LogP contribution in [0, 0.1) is 12.7 Å². The molecule has 1 amide bonds. The Bertz CT molecular complexity index is 1570. The Kier molecular flexibility index (Phi) is 5.57. The lowest BCUT2D eigenvalue weighted by molar-refractivity contribution is 0.102. The molecule has 182 valence electrons. The van der Waals surface area contributed by atoms with Crippen LogP contribution in [-0.2, 0) is 6.54 Å². The highest BCUT2D eigenvalue weighted by atomic mass is 19.1. The van der Waals surface area contributed by atoms with Crippen LogP contribution in [0.3, 0.4) is 0 Å². The summed E-state index contributed by atoms with van der Waals surface area (Å²) in [4.78, 5) is 24.1. The van der Waals surface area contributed by atoms with Gasteiger partial charge in [0.2, 0.25) is 0 Å². The van der Waals surface area contributed by atoms with E-state index >= 15 is 0 Å². The van der Waals surface area contributed by atoms with Crippen molar-refractivity contribution in [3.63, 3.8) is 0 Å². The fraction of sp³-hybridized carbons (Fsp3) is 0.231. The standard InChI is InChI=1S/C26H25FN8O/c1-17-13-34-15-19(11-22(27)25(34)30-17)31-26(36)20-4-5-23(33-9-7-28-8-10-33)21-16-35(32-24(20)21)14-18-3-2-6-29-12-18/h2-6,11-13,15-16,28H,7-10,14H2,1H3,(H,31,36). The summed E-state index contributed by atoms with van der Waals surface area (Å²) in [6, 6.07) is 8.94. The van der Waals surface area contributed by atoms with Gasteiger partial charge in [0, 0.05) is 74.3 Å². The maximum Gasteiger partial charge on any atom is 0.257 e. The van der Waals surface area contributed by atoms with Gasteiger partial charge in [-0.15, -0.1) is 0 Å². The Morgan fingerprint density at radius 1 is 1.17 bits per heavy atom. The lowest BCUT2D eigenvalue weighted by Gasteiger charge is -2.30. The number of carbonyl (C=O) groups excluding carboxylic acids is 1. The van der Waals surface area contributed by atoms with E-state index in [4.69, 9.17) is 5.10 Å². The minimum Gasteiger partial charge on any atom is -0.368 e. The van der Waals surface area contributed by atoms with Crippen molar-refractivity contribution in [3.8, 4) is 0 Å². The van der Waals surface area contributed by atoms with E-state index in [1.807, 2.05) is 29.1 Å². The highest BCUT2D eigenvalue weighted by Crippen LogP contribution is 2.30. The molecule has 2 N–H and O–H groups in total. The second kappa shape index (κ2) is 9.04. The van der Waals surface area contributed by atoms with E-state index in [1.54, 1.807) is 42.2 Å². The molecule has 0 unspecified atom stereocenters. The molecule has 9 nitrogen and oxygen atoms in total. The number of hydrogen-bond acceptors (Lipinski definition) is 6. The zero-order chi connectivity index (χ0) is 24.6. The Hall–Kier alpha value is -4.31. The third-order valence-corrected chi connectivity index (χ3v) is 6.35. The van der Waals surface area contributed by atoms with Crippen molar-refractivity contribution >= 4 is 33.8 Å². The van der Waals surface area contributed by atoms with Crippen LogP contribution in [-0.4, -0.2) is 56.2 Å². The van der Waals surface area contributed by atoms with Crippen LogP contribution in [0.15, 0.2) is 61.3 Å². The quantitative estimate of drug-likeness (QED) is 0.398. The number of piperazine rings is 1. The van der Waals surface area contributed by atoms with Gasteiger partial charge in [-0.25, -0.2) is 9.37 Å². The van der Waals surface area contributed by atoms with Crippen LogP contribution in [0.2, 0.25) is 0 Å². The monoisotopic (exact) mass is 484 g/mol. The van der Waals surface area contributed by atoms with Gasteiger partial charge in [-0.3, -0.25) is 14.5 Å². The average molecular weight is 485 g/mol. The molecule has 0 aliphatic carbocycles. The summed E-state index contributed by atoms with van der Waals surface area (Å²) in [5.74, 6) is -0.852. The summed E-state index contributed by atoms with van der Waals surface area (Å²) >= 11 is 0. The highest BCUT2D eigenvalue weighted by molar-refractivity contribution is 6.13. The molecule has 0 saturated carbocycles. The van der Waals surface area contributed by atoms with Gasteiger partial charge in [0.05, 0.1) is 23.5 Å². The van der Waals surface area contributed by atoms with E-state index in [9.17, 15) is 9.18 Å². The number of rotatable bonds is 5. The topological polar surface area (TPSA) is 92.4 Å². The van der Waals surface area contributed by atoms with E-state index in [2.05, 4.69) is 25.5 Å². The van der Waals surface area contributed by atoms with Crippen molar-refractivity contribution < 1.29 is 9.18 Å². The molecule has 1 saturated heterocycles. The molecule has 1 aliphatic heterocycles. The molecule has 0 spiro atoms. The molecule has 1 aliphatic rings. The van der Waals surface area contributed by atoms with Crippen LogP contribution in [0.1, 0.15) is 21.6 Å². The van der Waals surface area contributed by atoms with Crippen molar-refractivity contribution in [1.29, 1.82) is 0 Å². The molecule has 1 aromatic carbocycles. The van der Waals surface area contributed by atoms with Gasteiger partial charge in [0.15, 0.2) is 11.5 Å². The van der Waals surface area contributed by atoms with Gasteiger partial charge in [-0.1, -0.05) is 6.07 Å².